The fraction of sp³-hybridized carbons (Fsp3) is 0.917. The van der Waals surface area contributed by atoms with Crippen LogP contribution in [0.15, 0.2) is 23.5 Å². The Bertz CT molecular complexity index is 2800. The molecule has 3 saturated carbocycles. The second-order valence-electron chi connectivity index (χ2n) is 30.5. The SMILES string of the molecule is COC1=C[C@@H](C)OC(O[C@H]2CC[C@@]3(C)C(=CC[C@@H]4[C@@H]3CC[C@@]3(C)[C@H]4CC[C@]3(O)[C@H](C)O[C@H]3C[C@H]4OCO[C@@]5(C[C@@H](OC)[C@H](O[C@H]6C[C@H](OC)[C@H](O[C@H]7C[C@H](OC)[C@H](O[C@H]8C[C@H](OC)[C@H](O[C@@H]9O[C@H](C)[C@H](O)[C@H](OC)[C@H]9OC(C)=O)[C@@H](C)O8)[C@@H](C)O7)[C@@H](C)O6)[C@@H](C)O5)O[C@@H]4[C@@H](C)O3)C2)C1=O. The molecule has 0 radical (unpaired) electrons. The minimum absolute atomic E-state index is 0.0143. The maximum absolute atomic E-state index is 13.1. The number of aliphatic hydroxyl groups excluding tert-OH is 1. The van der Waals surface area contributed by atoms with Crippen LogP contribution in [-0.4, -0.2) is 255 Å². The van der Waals surface area contributed by atoms with Crippen molar-refractivity contribution in [1.29, 1.82) is 0 Å². The van der Waals surface area contributed by atoms with E-state index in [-0.39, 0.29) is 54.2 Å². The Labute approximate surface area is 583 Å². The molecule has 10 fully saturated rings. The van der Waals surface area contributed by atoms with Gasteiger partial charge in [0.1, 0.15) is 42.7 Å². The third-order valence-corrected chi connectivity index (χ3v) is 24.8. The number of methoxy groups -OCH3 is 6. The second-order valence-corrected chi connectivity index (χ2v) is 30.5. The lowest BCUT2D eigenvalue weighted by Gasteiger charge is -2.59. The summed E-state index contributed by atoms with van der Waals surface area (Å²) < 4.78 is 145. The Morgan fingerprint density at radius 3 is 1.79 bits per heavy atom. The standard InChI is InChI=1S/C72H114O27/c1-34-26-48(77-12)59(75)67(85-34)93-44-20-23-69(10)43(27-44)18-19-45-46(69)21-24-70(11)47(45)22-25-71(70,76)41(8)91-54-31-52-64(39(6)89-54)99-72(84-33-83-52)32-53(81-16)63(40(7)98-72)96-57-29-50(79-14)61(37(4)87-57)94-55-28-49(78-13)60(36(3)86-55)95-56-30-51(80-15)62(38(5)88-56)97-68-66(92-42(9)73)65(82-17)58(74)35(2)90-68/h18,26,34-41,44-47,49-58,60-68,74,76H,19-25,27-33H2,1-17H3/t34-,35-,36-,37-,38-,39-,40-,41+,44+,45-,46+,47+,49+,50+,51+,52-,53-,54+,55+,56+,57+,58+,60-,61-,62-,63-,64-,65+,66-,67?,68+,69+,70+,71+,72-/m1/s1. The molecule has 564 valence electrons. The van der Waals surface area contributed by atoms with E-state index in [0.29, 0.717) is 43.4 Å². The van der Waals surface area contributed by atoms with Gasteiger partial charge in [0.2, 0.25) is 6.29 Å². The molecule has 0 amide bonds. The minimum Gasteiger partial charge on any atom is -0.493 e. The topological polar surface area (TPSA) is 287 Å². The Morgan fingerprint density at radius 1 is 0.616 bits per heavy atom. The Balaban J connectivity index is 0.607. The molecule has 0 aromatic heterocycles. The van der Waals surface area contributed by atoms with Gasteiger partial charge in [0.25, 0.3) is 11.8 Å². The number of esters is 1. The van der Waals surface area contributed by atoms with Crippen molar-refractivity contribution >= 4 is 11.8 Å². The highest BCUT2D eigenvalue weighted by Crippen LogP contribution is 2.68. The van der Waals surface area contributed by atoms with Crippen molar-refractivity contribution in [3.05, 3.63) is 23.5 Å². The van der Waals surface area contributed by atoms with Crippen LogP contribution in [0.2, 0.25) is 0 Å². The number of carbonyl (C=O) groups is 2. The summed E-state index contributed by atoms with van der Waals surface area (Å²) in [4.78, 5) is 25.2. The first-order valence-electron chi connectivity index (χ1n) is 36.4. The van der Waals surface area contributed by atoms with E-state index in [0.717, 1.165) is 44.9 Å². The fourth-order valence-electron chi connectivity index (χ4n) is 19.4. The van der Waals surface area contributed by atoms with E-state index in [1.54, 1.807) is 41.4 Å². The molecular weight excluding hydrogens is 1300 g/mol. The molecule has 27 heteroatoms. The fourth-order valence-corrected chi connectivity index (χ4v) is 19.4. The third kappa shape index (κ3) is 15.1. The number of Topliss-reactive ketones (excluding diaryl/α,β-unsaturated/α-hetero) is 1. The van der Waals surface area contributed by atoms with Crippen molar-refractivity contribution in [2.24, 2.45) is 28.6 Å². The van der Waals surface area contributed by atoms with Crippen LogP contribution in [0.25, 0.3) is 0 Å². The van der Waals surface area contributed by atoms with Gasteiger partial charge >= 0.3 is 5.97 Å². The maximum Gasteiger partial charge on any atom is 0.303 e. The Hall–Kier alpha value is -2.50. The van der Waals surface area contributed by atoms with Crippen molar-refractivity contribution in [2.45, 2.75) is 343 Å². The Morgan fingerprint density at radius 2 is 1.20 bits per heavy atom. The number of carbonyl (C=O) groups excluding carboxylic acids is 2. The zero-order valence-electron chi connectivity index (χ0n) is 61.1. The molecule has 8 heterocycles. The third-order valence-electron chi connectivity index (χ3n) is 24.8. The average Bonchev–Trinajstić information content (AvgIpc) is 1.61. The largest absolute Gasteiger partial charge is 0.493 e. The van der Waals surface area contributed by atoms with E-state index in [2.05, 4.69) is 19.9 Å². The van der Waals surface area contributed by atoms with E-state index in [1.165, 1.54) is 26.7 Å². The summed E-state index contributed by atoms with van der Waals surface area (Å²) >= 11 is 0. The number of aliphatic hydroxyl groups is 2. The minimum atomic E-state index is -1.56. The molecular formula is C72H114O27. The summed E-state index contributed by atoms with van der Waals surface area (Å²) in [5.74, 6) is -0.886. The molecule has 4 aliphatic carbocycles. The van der Waals surface area contributed by atoms with Crippen molar-refractivity contribution < 1.29 is 129 Å². The normalized spacial score (nSPS) is 50.6. The van der Waals surface area contributed by atoms with E-state index >= 15 is 0 Å². The molecule has 0 aromatic carbocycles. The molecule has 12 rings (SSSR count). The van der Waals surface area contributed by atoms with Crippen LogP contribution in [0.5, 0.6) is 0 Å². The number of hydrogen-bond donors (Lipinski definition) is 2. The van der Waals surface area contributed by atoms with Gasteiger partial charge in [0.15, 0.2) is 50.1 Å². The van der Waals surface area contributed by atoms with Crippen LogP contribution < -0.4 is 0 Å². The molecule has 1 spiro atoms. The van der Waals surface area contributed by atoms with Gasteiger partial charge in [-0.25, -0.2) is 0 Å². The summed E-state index contributed by atoms with van der Waals surface area (Å²) in [6, 6.07) is 0. The quantitative estimate of drug-likeness (QED) is 0.0943. The predicted molar refractivity (Wildman–Crippen MR) is 345 cm³/mol. The number of ketones is 1. The zero-order chi connectivity index (χ0) is 70.8. The van der Waals surface area contributed by atoms with Crippen LogP contribution in [0.3, 0.4) is 0 Å². The number of ether oxygens (including phenoxy) is 23. The molecule has 12 aliphatic rings. The number of rotatable bonds is 20. The second kappa shape index (κ2) is 31.1. The maximum atomic E-state index is 13.1. The first-order chi connectivity index (χ1) is 47.2. The monoisotopic (exact) mass is 1410 g/mol. The highest BCUT2D eigenvalue weighted by Gasteiger charge is 2.67. The van der Waals surface area contributed by atoms with Crippen LogP contribution in [0, 0.1) is 28.6 Å². The highest BCUT2D eigenvalue weighted by atomic mass is 16.9. The molecule has 99 heavy (non-hydrogen) atoms. The lowest BCUT2D eigenvalue weighted by atomic mass is 9.46. The summed E-state index contributed by atoms with van der Waals surface area (Å²) in [5.41, 5.74) is -0.0154. The first kappa shape index (κ1) is 76.2. The lowest BCUT2D eigenvalue weighted by molar-refractivity contribution is -0.447. The van der Waals surface area contributed by atoms with Crippen LogP contribution in [0.1, 0.15) is 160 Å². The summed E-state index contributed by atoms with van der Waals surface area (Å²) in [6.07, 6.45) is -5.20. The van der Waals surface area contributed by atoms with Crippen LogP contribution in [0.4, 0.5) is 0 Å². The van der Waals surface area contributed by atoms with Gasteiger partial charge in [-0.15, -0.1) is 0 Å². The molecule has 35 atom stereocenters. The van der Waals surface area contributed by atoms with Crippen molar-refractivity contribution in [3.63, 3.8) is 0 Å². The van der Waals surface area contributed by atoms with E-state index in [1.807, 2.05) is 48.5 Å². The van der Waals surface area contributed by atoms with E-state index in [9.17, 15) is 19.8 Å². The summed E-state index contributed by atoms with van der Waals surface area (Å²) in [6.45, 7) is 21.0. The smallest absolute Gasteiger partial charge is 0.303 e. The molecule has 1 unspecified atom stereocenters. The lowest BCUT2D eigenvalue weighted by Crippen LogP contribution is -2.62. The predicted octanol–water partition coefficient (Wildman–Crippen LogP) is 6.73. The van der Waals surface area contributed by atoms with Gasteiger partial charge < -0.3 is 119 Å². The van der Waals surface area contributed by atoms with Crippen molar-refractivity contribution in [1.82, 2.24) is 0 Å². The van der Waals surface area contributed by atoms with Crippen LogP contribution in [-0.2, 0) is 119 Å². The summed E-state index contributed by atoms with van der Waals surface area (Å²) in [7, 11) is 9.39. The zero-order valence-corrected chi connectivity index (χ0v) is 61.1. The van der Waals surface area contributed by atoms with Crippen LogP contribution >= 0.6 is 0 Å². The van der Waals surface area contributed by atoms with Gasteiger partial charge in [-0.05, 0) is 136 Å². The highest BCUT2D eigenvalue weighted by molar-refractivity contribution is 5.96. The van der Waals surface area contributed by atoms with Gasteiger partial charge in [-0.1, -0.05) is 25.5 Å². The summed E-state index contributed by atoms with van der Waals surface area (Å²) in [5, 5.41) is 23.8. The number of hydrogen-bond acceptors (Lipinski definition) is 27. The molecule has 0 aromatic rings. The molecule has 8 aliphatic heterocycles. The van der Waals surface area contributed by atoms with Gasteiger partial charge in [-0.3, -0.25) is 9.59 Å². The van der Waals surface area contributed by atoms with Gasteiger partial charge in [0, 0.05) is 73.6 Å². The molecule has 0 bridgehead atoms. The first-order valence-corrected chi connectivity index (χ1v) is 36.4. The number of allylic oxidation sites excluding steroid dienone is 1. The van der Waals surface area contributed by atoms with Crippen molar-refractivity contribution in [3.8, 4) is 0 Å². The van der Waals surface area contributed by atoms with Gasteiger partial charge in [0.05, 0.1) is 105 Å². The average molecular weight is 1410 g/mol. The molecule has 7 saturated heterocycles. The molecule has 2 N–H and O–H groups in total. The molecule has 27 nitrogen and oxygen atoms in total. The van der Waals surface area contributed by atoms with Crippen molar-refractivity contribution in [2.75, 3.05) is 49.5 Å². The number of fused-ring (bicyclic) bond motifs is 6. The Kier molecular flexibility index (Phi) is 24.0. The van der Waals surface area contributed by atoms with E-state index < -0.39 is 177 Å². The van der Waals surface area contributed by atoms with Gasteiger partial charge in [-0.2, -0.15) is 0 Å². The van der Waals surface area contributed by atoms with E-state index in [4.69, 9.17) is 109 Å².